The first kappa shape index (κ1) is 14.7. The van der Waals surface area contributed by atoms with Crippen molar-refractivity contribution in [2.75, 3.05) is 6.61 Å². The molecule has 0 aliphatic heterocycles. The molecule has 0 aliphatic rings. The summed E-state index contributed by atoms with van der Waals surface area (Å²) in [5, 5.41) is 11.7. The van der Waals surface area contributed by atoms with Crippen molar-refractivity contribution in [2.24, 2.45) is 10.9 Å². The highest BCUT2D eigenvalue weighted by Crippen LogP contribution is 2.29. The average molecular weight is 286 g/mol. The van der Waals surface area contributed by atoms with E-state index in [9.17, 15) is 0 Å². The van der Waals surface area contributed by atoms with Gasteiger partial charge >= 0.3 is 0 Å². The fourth-order valence-electron chi connectivity index (χ4n) is 1.85. The zero-order valence-corrected chi connectivity index (χ0v) is 11.8. The van der Waals surface area contributed by atoms with Crippen molar-refractivity contribution < 1.29 is 14.7 Å². The summed E-state index contributed by atoms with van der Waals surface area (Å²) in [5.74, 6) is 1.22. The summed E-state index contributed by atoms with van der Waals surface area (Å²) in [5.41, 5.74) is 7.22. The van der Waals surface area contributed by atoms with Gasteiger partial charge in [-0.1, -0.05) is 35.5 Å². The summed E-state index contributed by atoms with van der Waals surface area (Å²) >= 11 is 0. The quantitative estimate of drug-likeness (QED) is 0.370. The highest BCUT2D eigenvalue weighted by Gasteiger charge is 2.09. The fraction of sp³-hybridized carbons (Fsp3) is 0.188. The molecule has 0 unspecified atom stereocenters. The lowest BCUT2D eigenvalue weighted by Gasteiger charge is -2.13. The Balaban J connectivity index is 2.18. The predicted molar refractivity (Wildman–Crippen MR) is 80.9 cm³/mol. The Kier molecular flexibility index (Phi) is 5.04. The molecule has 5 heteroatoms. The molecule has 3 N–H and O–H groups in total. The van der Waals surface area contributed by atoms with Crippen LogP contribution in [0.15, 0.2) is 53.7 Å². The highest BCUT2D eigenvalue weighted by molar-refractivity contribution is 5.97. The van der Waals surface area contributed by atoms with E-state index < -0.39 is 0 Å². The van der Waals surface area contributed by atoms with Gasteiger partial charge < -0.3 is 20.4 Å². The first-order valence-corrected chi connectivity index (χ1v) is 6.66. The SMILES string of the molecule is CCOc1cc(C(N)=NO)ccc1OCc1ccccc1. The van der Waals surface area contributed by atoms with Gasteiger partial charge in [0.15, 0.2) is 17.3 Å². The number of oxime groups is 1. The molecule has 0 heterocycles. The second kappa shape index (κ2) is 7.19. The summed E-state index contributed by atoms with van der Waals surface area (Å²) in [6, 6.07) is 15.0. The number of hydrogen-bond acceptors (Lipinski definition) is 4. The van der Waals surface area contributed by atoms with Crippen LogP contribution in [0, 0.1) is 0 Å². The van der Waals surface area contributed by atoms with E-state index in [0.29, 0.717) is 30.3 Å². The van der Waals surface area contributed by atoms with E-state index in [-0.39, 0.29) is 5.84 Å². The molecule has 0 spiro atoms. The lowest BCUT2D eigenvalue weighted by Crippen LogP contribution is -2.13. The Labute approximate surface area is 123 Å². The molecule has 21 heavy (non-hydrogen) atoms. The number of amidine groups is 1. The van der Waals surface area contributed by atoms with E-state index in [1.165, 1.54) is 0 Å². The van der Waals surface area contributed by atoms with Gasteiger partial charge in [0, 0.05) is 5.56 Å². The molecule has 0 bridgehead atoms. The van der Waals surface area contributed by atoms with Crippen LogP contribution in [-0.4, -0.2) is 17.6 Å². The van der Waals surface area contributed by atoms with Crippen molar-refractivity contribution in [3.63, 3.8) is 0 Å². The molecule has 0 amide bonds. The van der Waals surface area contributed by atoms with Gasteiger partial charge in [0.05, 0.1) is 6.61 Å². The molecule has 0 fully saturated rings. The number of nitrogens with zero attached hydrogens (tertiary/aromatic N) is 1. The maximum absolute atomic E-state index is 8.72. The van der Waals surface area contributed by atoms with E-state index in [1.54, 1.807) is 18.2 Å². The molecular weight excluding hydrogens is 268 g/mol. The van der Waals surface area contributed by atoms with Crippen LogP contribution in [0.3, 0.4) is 0 Å². The van der Waals surface area contributed by atoms with Crippen LogP contribution in [0.5, 0.6) is 11.5 Å². The molecule has 110 valence electrons. The van der Waals surface area contributed by atoms with E-state index in [1.807, 2.05) is 37.3 Å². The largest absolute Gasteiger partial charge is 0.490 e. The smallest absolute Gasteiger partial charge is 0.170 e. The topological polar surface area (TPSA) is 77.1 Å². The summed E-state index contributed by atoms with van der Waals surface area (Å²) in [6.45, 7) is 2.84. The minimum Gasteiger partial charge on any atom is -0.490 e. The number of nitrogens with two attached hydrogens (primary N) is 1. The van der Waals surface area contributed by atoms with Gasteiger partial charge in [0.25, 0.3) is 0 Å². The molecule has 0 atom stereocenters. The molecule has 0 aliphatic carbocycles. The van der Waals surface area contributed by atoms with E-state index in [0.717, 1.165) is 5.56 Å². The second-order valence-corrected chi connectivity index (χ2v) is 4.35. The van der Waals surface area contributed by atoms with Crippen LogP contribution < -0.4 is 15.2 Å². The zero-order chi connectivity index (χ0) is 15.1. The second-order valence-electron chi connectivity index (χ2n) is 4.35. The highest BCUT2D eigenvalue weighted by atomic mass is 16.5. The third kappa shape index (κ3) is 3.89. The Morgan fingerprint density at radius 3 is 2.52 bits per heavy atom. The third-order valence-corrected chi connectivity index (χ3v) is 2.88. The predicted octanol–water partition coefficient (Wildman–Crippen LogP) is 2.76. The van der Waals surface area contributed by atoms with Crippen LogP contribution in [0.4, 0.5) is 0 Å². The zero-order valence-electron chi connectivity index (χ0n) is 11.8. The summed E-state index contributed by atoms with van der Waals surface area (Å²) in [6.07, 6.45) is 0. The lowest BCUT2D eigenvalue weighted by atomic mass is 10.2. The van der Waals surface area contributed by atoms with Crippen molar-refractivity contribution in [3.8, 4) is 11.5 Å². The average Bonchev–Trinajstić information content (AvgIpc) is 2.54. The summed E-state index contributed by atoms with van der Waals surface area (Å²) in [4.78, 5) is 0. The standard InChI is InChI=1S/C16H18N2O3/c1-2-20-15-10-13(16(17)18-19)8-9-14(15)21-11-12-6-4-3-5-7-12/h3-10,19H,2,11H2,1H3,(H2,17,18). The Bertz CT molecular complexity index is 612. The number of rotatable bonds is 6. The van der Waals surface area contributed by atoms with Crippen LogP contribution in [0.25, 0.3) is 0 Å². The van der Waals surface area contributed by atoms with Gasteiger partial charge in [0.1, 0.15) is 6.61 Å². The molecule has 2 aromatic carbocycles. The van der Waals surface area contributed by atoms with Gasteiger partial charge in [-0.2, -0.15) is 0 Å². The van der Waals surface area contributed by atoms with E-state index in [4.69, 9.17) is 20.4 Å². The molecular formula is C16H18N2O3. The minimum absolute atomic E-state index is 0.0329. The maximum atomic E-state index is 8.72. The van der Waals surface area contributed by atoms with Crippen molar-refractivity contribution in [1.82, 2.24) is 0 Å². The number of benzene rings is 2. The molecule has 2 rings (SSSR count). The maximum Gasteiger partial charge on any atom is 0.170 e. The molecule has 0 saturated carbocycles. The normalized spacial score (nSPS) is 11.2. The summed E-state index contributed by atoms with van der Waals surface area (Å²) < 4.78 is 11.3. The Hall–Kier alpha value is -2.69. The van der Waals surface area contributed by atoms with Gasteiger partial charge in [0.2, 0.25) is 0 Å². The van der Waals surface area contributed by atoms with E-state index in [2.05, 4.69) is 5.16 Å². The molecule has 0 radical (unpaired) electrons. The molecule has 2 aromatic rings. The van der Waals surface area contributed by atoms with Gasteiger partial charge in [-0.15, -0.1) is 0 Å². The Morgan fingerprint density at radius 1 is 1.10 bits per heavy atom. The van der Waals surface area contributed by atoms with Crippen LogP contribution in [0.1, 0.15) is 18.1 Å². The van der Waals surface area contributed by atoms with Gasteiger partial charge in [-0.25, -0.2) is 0 Å². The van der Waals surface area contributed by atoms with Crippen molar-refractivity contribution in [1.29, 1.82) is 0 Å². The number of ether oxygens (including phenoxy) is 2. The molecule has 0 saturated heterocycles. The van der Waals surface area contributed by atoms with Crippen LogP contribution >= 0.6 is 0 Å². The Morgan fingerprint density at radius 2 is 1.86 bits per heavy atom. The van der Waals surface area contributed by atoms with Gasteiger partial charge in [-0.05, 0) is 30.7 Å². The first-order valence-electron chi connectivity index (χ1n) is 6.66. The van der Waals surface area contributed by atoms with Crippen molar-refractivity contribution in [3.05, 3.63) is 59.7 Å². The fourth-order valence-corrected chi connectivity index (χ4v) is 1.85. The number of hydrogen-bond donors (Lipinski definition) is 2. The first-order chi connectivity index (χ1) is 10.2. The van der Waals surface area contributed by atoms with Crippen molar-refractivity contribution >= 4 is 5.84 Å². The lowest BCUT2D eigenvalue weighted by molar-refractivity contribution is 0.269. The van der Waals surface area contributed by atoms with Crippen molar-refractivity contribution in [2.45, 2.75) is 13.5 Å². The van der Waals surface area contributed by atoms with Crippen LogP contribution in [-0.2, 0) is 6.61 Å². The minimum atomic E-state index is 0.0329. The molecule has 5 nitrogen and oxygen atoms in total. The van der Waals surface area contributed by atoms with E-state index >= 15 is 0 Å². The molecule has 0 aromatic heterocycles. The van der Waals surface area contributed by atoms with Crippen LogP contribution in [0.2, 0.25) is 0 Å². The van der Waals surface area contributed by atoms with Gasteiger partial charge in [-0.3, -0.25) is 0 Å². The third-order valence-electron chi connectivity index (χ3n) is 2.88. The monoisotopic (exact) mass is 286 g/mol. The summed E-state index contributed by atoms with van der Waals surface area (Å²) in [7, 11) is 0.